The zero-order chi connectivity index (χ0) is 22.1. The highest BCUT2D eigenvalue weighted by atomic mass is 127. The van der Waals surface area contributed by atoms with Crippen molar-refractivity contribution in [3.63, 3.8) is 0 Å². The molecule has 9 heteroatoms. The Labute approximate surface area is 205 Å². The lowest BCUT2D eigenvalue weighted by atomic mass is 10.1. The molecule has 1 aliphatic rings. The van der Waals surface area contributed by atoms with Crippen LogP contribution in [0.3, 0.4) is 0 Å². The summed E-state index contributed by atoms with van der Waals surface area (Å²) in [6.45, 7) is 3.59. The minimum atomic E-state index is -0.819. The van der Waals surface area contributed by atoms with Gasteiger partial charge in [-0.2, -0.15) is 0 Å². The van der Waals surface area contributed by atoms with Gasteiger partial charge in [-0.1, -0.05) is 6.07 Å². The number of hydrogen-bond acceptors (Lipinski definition) is 4. The lowest BCUT2D eigenvalue weighted by molar-refractivity contribution is 0.172. The van der Waals surface area contributed by atoms with Gasteiger partial charge in [-0.25, -0.2) is 8.78 Å². The first-order valence-corrected chi connectivity index (χ1v) is 10.5. The zero-order valence-corrected chi connectivity index (χ0v) is 20.8. The minimum absolute atomic E-state index is 0. The fourth-order valence-electron chi connectivity index (χ4n) is 3.53. The van der Waals surface area contributed by atoms with E-state index in [1.54, 1.807) is 20.2 Å². The number of nitrogens with one attached hydrogen (secondary N) is 2. The molecule has 1 heterocycles. The molecule has 0 amide bonds. The molecule has 2 aromatic rings. The summed E-state index contributed by atoms with van der Waals surface area (Å²) >= 11 is 0. The van der Waals surface area contributed by atoms with E-state index in [1.807, 2.05) is 24.3 Å². The molecule has 0 radical (unpaired) electrons. The highest BCUT2D eigenvalue weighted by Gasteiger charge is 2.23. The van der Waals surface area contributed by atoms with Crippen LogP contribution in [0.4, 0.5) is 20.2 Å². The normalized spacial score (nSPS) is 15.9. The summed E-state index contributed by atoms with van der Waals surface area (Å²) in [5, 5.41) is 6.63. The van der Waals surface area contributed by atoms with E-state index in [-0.39, 0.29) is 24.0 Å². The molecule has 1 unspecified atom stereocenters. The van der Waals surface area contributed by atoms with E-state index in [0.717, 1.165) is 43.9 Å². The van der Waals surface area contributed by atoms with Crippen molar-refractivity contribution in [3.8, 4) is 5.75 Å². The van der Waals surface area contributed by atoms with Crippen LogP contribution in [0.1, 0.15) is 12.8 Å². The van der Waals surface area contributed by atoms with Gasteiger partial charge in [0, 0.05) is 70.3 Å². The number of anilines is 2. The molecule has 1 fully saturated rings. The smallest absolute Gasteiger partial charge is 0.195 e. The van der Waals surface area contributed by atoms with E-state index in [1.165, 1.54) is 12.1 Å². The summed E-state index contributed by atoms with van der Waals surface area (Å²) in [5.41, 5.74) is 1.60. The molecule has 0 bridgehead atoms. The van der Waals surface area contributed by atoms with Gasteiger partial charge in [0.1, 0.15) is 5.75 Å². The van der Waals surface area contributed by atoms with E-state index >= 15 is 0 Å². The van der Waals surface area contributed by atoms with Crippen molar-refractivity contribution < 1.29 is 18.3 Å². The second-order valence-electron chi connectivity index (χ2n) is 7.50. The summed E-state index contributed by atoms with van der Waals surface area (Å²) in [5.74, 6) is 0.202. The van der Waals surface area contributed by atoms with Crippen LogP contribution in [0.15, 0.2) is 47.5 Å². The van der Waals surface area contributed by atoms with E-state index in [0.29, 0.717) is 30.8 Å². The van der Waals surface area contributed by atoms with Crippen molar-refractivity contribution in [2.75, 3.05) is 57.2 Å². The van der Waals surface area contributed by atoms with E-state index in [9.17, 15) is 8.78 Å². The second kappa shape index (κ2) is 13.4. The molecular weight excluding hydrogens is 529 g/mol. The van der Waals surface area contributed by atoms with Gasteiger partial charge in [-0.3, -0.25) is 4.99 Å². The van der Waals surface area contributed by atoms with Crippen LogP contribution in [0, 0.1) is 17.6 Å². The Morgan fingerprint density at radius 2 is 2.00 bits per heavy atom. The fraction of sp³-hybridized carbons (Fsp3) is 0.435. The highest BCUT2D eigenvalue weighted by molar-refractivity contribution is 14.0. The number of benzene rings is 2. The number of guanidine groups is 1. The van der Waals surface area contributed by atoms with Crippen molar-refractivity contribution in [3.05, 3.63) is 54.1 Å². The van der Waals surface area contributed by atoms with Crippen molar-refractivity contribution in [1.82, 2.24) is 5.32 Å². The maximum atomic E-state index is 13.5. The van der Waals surface area contributed by atoms with Crippen LogP contribution in [-0.2, 0) is 4.74 Å². The Hall–Kier alpha value is -2.14. The Bertz CT molecular complexity index is 885. The molecule has 2 N–H and O–H groups in total. The quantitative estimate of drug-likeness (QED) is 0.205. The van der Waals surface area contributed by atoms with Crippen LogP contribution < -0.4 is 20.3 Å². The van der Waals surface area contributed by atoms with E-state index in [2.05, 4.69) is 20.5 Å². The van der Waals surface area contributed by atoms with E-state index < -0.39 is 11.6 Å². The van der Waals surface area contributed by atoms with Gasteiger partial charge in [0.15, 0.2) is 17.6 Å². The lowest BCUT2D eigenvalue weighted by Crippen LogP contribution is -2.35. The maximum Gasteiger partial charge on any atom is 0.195 e. The first-order chi connectivity index (χ1) is 15.1. The van der Waals surface area contributed by atoms with Gasteiger partial charge in [-0.15, -0.1) is 24.0 Å². The first-order valence-electron chi connectivity index (χ1n) is 10.5. The molecular formula is C23H31F2IN4O2. The van der Waals surface area contributed by atoms with Crippen molar-refractivity contribution in [1.29, 1.82) is 0 Å². The summed E-state index contributed by atoms with van der Waals surface area (Å²) < 4.78 is 37.5. The van der Waals surface area contributed by atoms with Crippen LogP contribution in [0.25, 0.3) is 0 Å². The standard InChI is InChI=1S/C23H30F2N4O2.HI/c1-26-23(28-18-5-3-6-20(13-18)31-12-4-11-30-2)27-15-17-9-10-29(16-17)19-7-8-21(24)22(25)14-19;/h3,5-8,13-14,17H,4,9-12,15-16H2,1-2H3,(H2,26,27,28);1H. The van der Waals surface area contributed by atoms with Gasteiger partial charge in [0.2, 0.25) is 0 Å². The third-order valence-corrected chi connectivity index (χ3v) is 5.19. The van der Waals surface area contributed by atoms with Crippen LogP contribution >= 0.6 is 24.0 Å². The SMILES string of the molecule is CN=C(NCC1CCN(c2ccc(F)c(F)c2)C1)Nc1cccc(OCCCOC)c1.I. The third kappa shape index (κ3) is 7.77. The fourth-order valence-corrected chi connectivity index (χ4v) is 3.53. The number of hydrogen-bond donors (Lipinski definition) is 2. The number of aliphatic imine (C=N–C) groups is 1. The largest absolute Gasteiger partial charge is 0.493 e. The van der Waals surface area contributed by atoms with Gasteiger partial charge >= 0.3 is 0 Å². The van der Waals surface area contributed by atoms with Crippen LogP contribution in [0.2, 0.25) is 0 Å². The molecule has 1 saturated heterocycles. The second-order valence-corrected chi connectivity index (χ2v) is 7.50. The van der Waals surface area contributed by atoms with Gasteiger partial charge in [-0.05, 0) is 36.6 Å². The Kier molecular flexibility index (Phi) is 10.9. The summed E-state index contributed by atoms with van der Waals surface area (Å²) in [4.78, 5) is 6.37. The third-order valence-electron chi connectivity index (χ3n) is 5.19. The number of methoxy groups -OCH3 is 1. The van der Waals surface area contributed by atoms with Crippen LogP contribution in [0.5, 0.6) is 5.75 Å². The maximum absolute atomic E-state index is 13.5. The highest BCUT2D eigenvalue weighted by Crippen LogP contribution is 2.25. The molecule has 0 saturated carbocycles. The van der Waals surface area contributed by atoms with Crippen molar-refractivity contribution in [2.45, 2.75) is 12.8 Å². The first kappa shape index (κ1) is 26.1. The van der Waals surface area contributed by atoms with Gasteiger partial charge in [0.25, 0.3) is 0 Å². The molecule has 3 rings (SSSR count). The van der Waals surface area contributed by atoms with Crippen molar-refractivity contribution >= 4 is 41.3 Å². The van der Waals surface area contributed by atoms with E-state index in [4.69, 9.17) is 9.47 Å². The molecule has 0 aliphatic carbocycles. The lowest BCUT2D eigenvalue weighted by Gasteiger charge is -2.19. The minimum Gasteiger partial charge on any atom is -0.493 e. The summed E-state index contributed by atoms with van der Waals surface area (Å²) in [6, 6.07) is 11.8. The molecule has 176 valence electrons. The topological polar surface area (TPSA) is 58.1 Å². The number of nitrogens with zero attached hydrogens (tertiary/aromatic N) is 2. The molecule has 1 atom stereocenters. The Balaban J connectivity index is 0.00000363. The average molecular weight is 560 g/mol. The monoisotopic (exact) mass is 560 g/mol. The molecule has 6 nitrogen and oxygen atoms in total. The van der Waals surface area contributed by atoms with Gasteiger partial charge in [0.05, 0.1) is 6.61 Å². The number of rotatable bonds is 9. The molecule has 0 spiro atoms. The Morgan fingerprint density at radius 1 is 1.16 bits per heavy atom. The summed E-state index contributed by atoms with van der Waals surface area (Å²) in [6.07, 6.45) is 1.80. The number of ether oxygens (including phenoxy) is 2. The van der Waals surface area contributed by atoms with Crippen molar-refractivity contribution in [2.24, 2.45) is 10.9 Å². The van der Waals surface area contributed by atoms with Crippen LogP contribution in [-0.4, -0.2) is 53.0 Å². The predicted molar refractivity (Wildman–Crippen MR) is 136 cm³/mol. The number of halogens is 3. The average Bonchev–Trinajstić information content (AvgIpc) is 3.25. The zero-order valence-electron chi connectivity index (χ0n) is 18.4. The molecule has 32 heavy (non-hydrogen) atoms. The molecule has 0 aromatic heterocycles. The predicted octanol–water partition coefficient (Wildman–Crippen LogP) is 4.51. The van der Waals surface area contributed by atoms with Gasteiger partial charge < -0.3 is 25.0 Å². The molecule has 1 aliphatic heterocycles. The summed E-state index contributed by atoms with van der Waals surface area (Å²) in [7, 11) is 3.40. The Morgan fingerprint density at radius 3 is 2.75 bits per heavy atom. The molecule has 2 aromatic carbocycles.